The highest BCUT2D eigenvalue weighted by atomic mass is 35.5. The summed E-state index contributed by atoms with van der Waals surface area (Å²) < 4.78 is 0. The van der Waals surface area contributed by atoms with Gasteiger partial charge in [0.25, 0.3) is 0 Å². The Labute approximate surface area is 94.6 Å². The van der Waals surface area contributed by atoms with Crippen LogP contribution in [0.5, 0.6) is 0 Å². The summed E-state index contributed by atoms with van der Waals surface area (Å²) >= 11 is 5.73. The fourth-order valence-electron chi connectivity index (χ4n) is 1.50. The van der Waals surface area contributed by atoms with Gasteiger partial charge in [-0.25, -0.2) is 0 Å². The van der Waals surface area contributed by atoms with Crippen LogP contribution in [0.25, 0.3) is 0 Å². The van der Waals surface area contributed by atoms with Gasteiger partial charge in [-0.3, -0.25) is 4.79 Å². The van der Waals surface area contributed by atoms with E-state index in [1.807, 2.05) is 24.3 Å². The van der Waals surface area contributed by atoms with Crippen molar-refractivity contribution in [3.8, 4) is 0 Å². The van der Waals surface area contributed by atoms with Crippen molar-refractivity contribution in [2.24, 2.45) is 5.92 Å². The lowest BCUT2D eigenvalue weighted by atomic mass is 10.1. The maximum Gasteiger partial charge on any atom is 0.223 e. The van der Waals surface area contributed by atoms with E-state index in [-0.39, 0.29) is 11.8 Å². The number of rotatable bonds is 4. The lowest BCUT2D eigenvalue weighted by Gasteiger charge is -2.05. The molecule has 0 aliphatic heterocycles. The Morgan fingerprint density at radius 3 is 2.80 bits per heavy atom. The van der Waals surface area contributed by atoms with Crippen molar-refractivity contribution < 1.29 is 4.79 Å². The highest BCUT2D eigenvalue weighted by molar-refractivity contribution is 6.17. The molecule has 2 nitrogen and oxygen atoms in total. The van der Waals surface area contributed by atoms with Crippen LogP contribution in [0.4, 0.5) is 0 Å². The van der Waals surface area contributed by atoms with E-state index in [2.05, 4.69) is 5.32 Å². The first-order valence-electron chi connectivity index (χ1n) is 5.21. The van der Waals surface area contributed by atoms with Crippen molar-refractivity contribution >= 4 is 17.5 Å². The zero-order valence-corrected chi connectivity index (χ0v) is 9.26. The number of hydrogen-bond acceptors (Lipinski definition) is 1. The van der Waals surface area contributed by atoms with Crippen LogP contribution >= 0.6 is 11.6 Å². The topological polar surface area (TPSA) is 29.1 Å². The molecule has 0 radical (unpaired) electrons. The Morgan fingerprint density at radius 2 is 2.13 bits per heavy atom. The molecule has 0 bridgehead atoms. The summed E-state index contributed by atoms with van der Waals surface area (Å²) in [6, 6.07) is 7.99. The third-order valence-corrected chi connectivity index (χ3v) is 2.87. The maximum atomic E-state index is 11.4. The first-order chi connectivity index (χ1) is 7.29. The predicted molar refractivity (Wildman–Crippen MR) is 60.6 cm³/mol. The van der Waals surface area contributed by atoms with Gasteiger partial charge >= 0.3 is 0 Å². The molecule has 3 heteroatoms. The molecule has 1 N–H and O–H groups in total. The molecule has 0 aromatic heterocycles. The molecule has 1 fully saturated rings. The number of alkyl halides is 1. The normalized spacial score (nSPS) is 15.0. The van der Waals surface area contributed by atoms with Crippen LogP contribution in [0.3, 0.4) is 0 Å². The largest absolute Gasteiger partial charge is 0.352 e. The van der Waals surface area contributed by atoms with Gasteiger partial charge < -0.3 is 5.32 Å². The number of carbonyl (C=O) groups excluding carboxylic acids is 1. The van der Waals surface area contributed by atoms with Crippen LogP contribution in [-0.2, 0) is 17.2 Å². The van der Waals surface area contributed by atoms with Crippen LogP contribution in [0.1, 0.15) is 24.0 Å². The van der Waals surface area contributed by atoms with Crippen molar-refractivity contribution in [2.45, 2.75) is 25.3 Å². The lowest BCUT2D eigenvalue weighted by molar-refractivity contribution is -0.122. The van der Waals surface area contributed by atoms with Crippen molar-refractivity contribution in [3.63, 3.8) is 0 Å². The molecule has 1 amide bonds. The zero-order chi connectivity index (χ0) is 10.7. The van der Waals surface area contributed by atoms with E-state index in [4.69, 9.17) is 11.6 Å². The van der Waals surface area contributed by atoms with Gasteiger partial charge in [0.1, 0.15) is 0 Å². The van der Waals surface area contributed by atoms with Gasteiger partial charge in [0.2, 0.25) is 5.91 Å². The first-order valence-corrected chi connectivity index (χ1v) is 5.74. The molecule has 0 heterocycles. The van der Waals surface area contributed by atoms with Crippen molar-refractivity contribution in [1.82, 2.24) is 5.32 Å². The molecule has 0 saturated heterocycles. The Morgan fingerprint density at radius 1 is 1.40 bits per heavy atom. The molecule has 0 spiro atoms. The average molecular weight is 224 g/mol. The third kappa shape index (κ3) is 2.96. The van der Waals surface area contributed by atoms with E-state index < -0.39 is 0 Å². The number of hydrogen-bond donors (Lipinski definition) is 1. The molecular weight excluding hydrogens is 210 g/mol. The Kier molecular flexibility index (Phi) is 3.27. The first kappa shape index (κ1) is 10.5. The van der Waals surface area contributed by atoms with Crippen molar-refractivity contribution in [2.75, 3.05) is 0 Å². The Hall–Kier alpha value is -1.02. The minimum atomic E-state index is 0.186. The van der Waals surface area contributed by atoms with Gasteiger partial charge in [0, 0.05) is 18.3 Å². The number of amides is 1. The van der Waals surface area contributed by atoms with Crippen LogP contribution in [0.2, 0.25) is 0 Å². The summed E-state index contributed by atoms with van der Waals surface area (Å²) in [5, 5.41) is 2.93. The van der Waals surface area contributed by atoms with Gasteiger partial charge in [-0.05, 0) is 24.0 Å². The standard InChI is InChI=1S/C12H14ClNO/c13-7-9-2-1-3-10(6-9)8-14-12(15)11-4-5-11/h1-3,6,11H,4-5,7-8H2,(H,14,15). The van der Waals surface area contributed by atoms with Gasteiger partial charge in [0.05, 0.1) is 0 Å². The minimum absolute atomic E-state index is 0.186. The van der Waals surface area contributed by atoms with Gasteiger partial charge in [0.15, 0.2) is 0 Å². The fraction of sp³-hybridized carbons (Fsp3) is 0.417. The van der Waals surface area contributed by atoms with Crippen LogP contribution < -0.4 is 5.32 Å². The van der Waals surface area contributed by atoms with Gasteiger partial charge in [-0.15, -0.1) is 11.6 Å². The van der Waals surface area contributed by atoms with E-state index in [1.54, 1.807) is 0 Å². The van der Waals surface area contributed by atoms with Crippen molar-refractivity contribution in [1.29, 1.82) is 0 Å². The summed E-state index contributed by atoms with van der Waals surface area (Å²) in [6.07, 6.45) is 2.10. The molecule has 0 atom stereocenters. The Bertz CT molecular complexity index is 360. The number of benzene rings is 1. The molecule has 2 rings (SSSR count). The molecule has 1 saturated carbocycles. The van der Waals surface area contributed by atoms with E-state index >= 15 is 0 Å². The van der Waals surface area contributed by atoms with E-state index in [9.17, 15) is 4.79 Å². The molecule has 1 aromatic carbocycles. The SMILES string of the molecule is O=C(NCc1cccc(CCl)c1)C1CC1. The highest BCUT2D eigenvalue weighted by Gasteiger charge is 2.29. The average Bonchev–Trinajstić information content (AvgIpc) is 3.10. The van der Waals surface area contributed by atoms with Crippen molar-refractivity contribution in [3.05, 3.63) is 35.4 Å². The third-order valence-electron chi connectivity index (χ3n) is 2.56. The zero-order valence-electron chi connectivity index (χ0n) is 8.50. The van der Waals surface area contributed by atoms with Crippen LogP contribution in [0.15, 0.2) is 24.3 Å². The molecular formula is C12H14ClNO. The summed E-state index contributed by atoms with van der Waals surface area (Å²) in [4.78, 5) is 11.4. The highest BCUT2D eigenvalue weighted by Crippen LogP contribution is 2.28. The summed E-state index contributed by atoms with van der Waals surface area (Å²) in [5.41, 5.74) is 2.21. The van der Waals surface area contributed by atoms with E-state index in [0.717, 1.165) is 24.0 Å². The molecule has 0 unspecified atom stereocenters. The predicted octanol–water partition coefficient (Wildman–Crippen LogP) is 2.45. The van der Waals surface area contributed by atoms with Gasteiger partial charge in [-0.1, -0.05) is 24.3 Å². The van der Waals surface area contributed by atoms with E-state index in [1.165, 1.54) is 0 Å². The summed E-state index contributed by atoms with van der Waals surface area (Å²) in [7, 11) is 0. The number of nitrogens with one attached hydrogen (secondary N) is 1. The Balaban J connectivity index is 1.89. The second kappa shape index (κ2) is 4.67. The second-order valence-corrected chi connectivity index (χ2v) is 4.21. The van der Waals surface area contributed by atoms with E-state index in [0.29, 0.717) is 12.4 Å². The molecule has 1 aliphatic carbocycles. The number of halogens is 1. The monoisotopic (exact) mass is 223 g/mol. The second-order valence-electron chi connectivity index (χ2n) is 3.95. The number of carbonyl (C=O) groups is 1. The molecule has 80 valence electrons. The quantitative estimate of drug-likeness (QED) is 0.781. The molecule has 1 aromatic rings. The summed E-state index contributed by atoms with van der Waals surface area (Å²) in [5.74, 6) is 0.984. The van der Waals surface area contributed by atoms with Crippen LogP contribution in [-0.4, -0.2) is 5.91 Å². The summed E-state index contributed by atoms with van der Waals surface area (Å²) in [6.45, 7) is 0.611. The molecule has 15 heavy (non-hydrogen) atoms. The fourth-order valence-corrected chi connectivity index (χ4v) is 1.67. The van der Waals surface area contributed by atoms with Crippen LogP contribution in [0, 0.1) is 5.92 Å². The van der Waals surface area contributed by atoms with Gasteiger partial charge in [-0.2, -0.15) is 0 Å². The molecule has 1 aliphatic rings. The minimum Gasteiger partial charge on any atom is -0.352 e. The smallest absolute Gasteiger partial charge is 0.223 e. The lowest BCUT2D eigenvalue weighted by Crippen LogP contribution is -2.24. The maximum absolute atomic E-state index is 11.4.